The molecule has 0 heterocycles. The first-order chi connectivity index (χ1) is 15.8. The van der Waals surface area contributed by atoms with E-state index in [1.54, 1.807) is 6.08 Å². The largest absolute Gasteiger partial charge is 0.494 e. The van der Waals surface area contributed by atoms with Gasteiger partial charge in [-0.2, -0.15) is 0 Å². The summed E-state index contributed by atoms with van der Waals surface area (Å²) in [5.74, 6) is 5.47. The van der Waals surface area contributed by atoms with Crippen LogP contribution in [0.5, 0.6) is 0 Å². The van der Waals surface area contributed by atoms with E-state index in [-0.39, 0.29) is 0 Å². The highest BCUT2D eigenvalue weighted by Crippen LogP contribution is 2.42. The van der Waals surface area contributed by atoms with Crippen LogP contribution >= 0.6 is 0 Å². The van der Waals surface area contributed by atoms with Crippen LogP contribution in [0.1, 0.15) is 91.9 Å². The zero-order valence-corrected chi connectivity index (χ0v) is 22.2. The normalized spacial score (nSPS) is 28.4. The molecule has 190 valence electrons. The fourth-order valence-electron chi connectivity index (χ4n) is 5.80. The number of ether oxygens (including phenoxy) is 2. The van der Waals surface area contributed by atoms with Gasteiger partial charge in [0.25, 0.3) is 0 Å². The van der Waals surface area contributed by atoms with E-state index < -0.39 is 0 Å². The molecule has 3 nitrogen and oxygen atoms in total. The minimum absolute atomic E-state index is 0.388. The van der Waals surface area contributed by atoms with Crippen molar-refractivity contribution >= 4 is 0 Å². The standard InChI is InChI=1S/C30H53NO2/c1-8-25(6)32-20-24(5)21-33-30-17-15-29(16-18-30)26(7)28-13-11-27(12-14-28)10-9-23(4)19-31-22(2)3/h8,23-24,26-31H,1-2,6,9-21H2,3-5,7H3. The Morgan fingerprint density at radius 2 is 1.52 bits per heavy atom. The predicted octanol–water partition coefficient (Wildman–Crippen LogP) is 7.90. The molecule has 0 bridgehead atoms. The van der Waals surface area contributed by atoms with Gasteiger partial charge in [-0.25, -0.2) is 0 Å². The second-order valence-electron chi connectivity index (χ2n) is 11.4. The molecule has 2 fully saturated rings. The second-order valence-corrected chi connectivity index (χ2v) is 11.4. The highest BCUT2D eigenvalue weighted by Gasteiger charge is 2.32. The molecule has 0 amide bonds. The SMILES string of the molecule is C=CC(=C)OCC(C)COC1CCC(C(C)C2CCC(CCC(C)CNC(=C)C)CC2)CC1. The third-order valence-corrected chi connectivity index (χ3v) is 8.31. The molecule has 0 aliphatic heterocycles. The monoisotopic (exact) mass is 459 g/mol. The molecule has 2 saturated carbocycles. The van der Waals surface area contributed by atoms with Gasteiger partial charge in [-0.15, -0.1) is 0 Å². The zero-order valence-electron chi connectivity index (χ0n) is 22.2. The van der Waals surface area contributed by atoms with Crippen molar-refractivity contribution < 1.29 is 9.47 Å². The quantitative estimate of drug-likeness (QED) is 0.199. The van der Waals surface area contributed by atoms with Crippen molar-refractivity contribution in [1.82, 2.24) is 5.32 Å². The van der Waals surface area contributed by atoms with Gasteiger partial charge in [0.05, 0.1) is 19.3 Å². The summed E-state index contributed by atoms with van der Waals surface area (Å²) in [7, 11) is 0. The van der Waals surface area contributed by atoms with Gasteiger partial charge in [-0.05, 0) is 87.5 Å². The van der Waals surface area contributed by atoms with Crippen molar-refractivity contribution in [3.63, 3.8) is 0 Å². The van der Waals surface area contributed by atoms with Crippen LogP contribution in [0.15, 0.2) is 37.3 Å². The molecule has 33 heavy (non-hydrogen) atoms. The molecule has 3 unspecified atom stereocenters. The molecule has 2 aliphatic carbocycles. The molecule has 2 rings (SSSR count). The molecular weight excluding hydrogens is 406 g/mol. The Balaban J connectivity index is 1.59. The first-order valence-electron chi connectivity index (χ1n) is 13.7. The lowest BCUT2D eigenvalue weighted by Gasteiger charge is -2.39. The first kappa shape index (κ1) is 28.0. The van der Waals surface area contributed by atoms with Crippen LogP contribution in [-0.2, 0) is 9.47 Å². The minimum Gasteiger partial charge on any atom is -0.494 e. The van der Waals surface area contributed by atoms with E-state index in [9.17, 15) is 0 Å². The Morgan fingerprint density at radius 1 is 0.909 bits per heavy atom. The van der Waals surface area contributed by atoms with Gasteiger partial charge in [0.1, 0.15) is 5.76 Å². The maximum absolute atomic E-state index is 6.23. The minimum atomic E-state index is 0.388. The molecule has 0 saturated heterocycles. The molecule has 0 aromatic heterocycles. The Hall–Kier alpha value is -1.22. The van der Waals surface area contributed by atoms with E-state index in [1.807, 2.05) is 0 Å². The van der Waals surface area contributed by atoms with Gasteiger partial charge >= 0.3 is 0 Å². The topological polar surface area (TPSA) is 30.5 Å². The van der Waals surface area contributed by atoms with Crippen LogP contribution in [0.25, 0.3) is 0 Å². The van der Waals surface area contributed by atoms with Crippen molar-refractivity contribution in [2.24, 2.45) is 35.5 Å². The van der Waals surface area contributed by atoms with Gasteiger partial charge in [0, 0.05) is 18.2 Å². The summed E-state index contributed by atoms with van der Waals surface area (Å²) in [4.78, 5) is 0. The number of hydrogen-bond donors (Lipinski definition) is 1. The zero-order chi connectivity index (χ0) is 24.2. The average molecular weight is 460 g/mol. The highest BCUT2D eigenvalue weighted by atomic mass is 16.5. The van der Waals surface area contributed by atoms with Gasteiger partial charge in [0.15, 0.2) is 0 Å². The Labute approximate surface area is 205 Å². The molecule has 0 radical (unpaired) electrons. The lowest BCUT2D eigenvalue weighted by Crippen LogP contribution is -2.31. The van der Waals surface area contributed by atoms with Crippen LogP contribution in [-0.4, -0.2) is 25.9 Å². The third-order valence-electron chi connectivity index (χ3n) is 8.31. The van der Waals surface area contributed by atoms with Gasteiger partial charge in [0.2, 0.25) is 0 Å². The van der Waals surface area contributed by atoms with Gasteiger partial charge in [-0.1, -0.05) is 59.8 Å². The summed E-state index contributed by atoms with van der Waals surface area (Å²) >= 11 is 0. The Bertz CT molecular complexity index is 584. The van der Waals surface area contributed by atoms with Crippen molar-refractivity contribution in [2.45, 2.75) is 98.0 Å². The number of rotatable bonds is 15. The summed E-state index contributed by atoms with van der Waals surface area (Å²) in [6.07, 6.45) is 15.8. The first-order valence-corrected chi connectivity index (χ1v) is 13.7. The van der Waals surface area contributed by atoms with E-state index in [0.717, 1.165) is 48.4 Å². The molecule has 3 heteroatoms. The number of hydrogen-bond acceptors (Lipinski definition) is 3. The average Bonchev–Trinajstić information content (AvgIpc) is 2.83. The molecule has 3 atom stereocenters. The molecular formula is C30H53NO2. The van der Waals surface area contributed by atoms with E-state index >= 15 is 0 Å². The van der Waals surface area contributed by atoms with Crippen LogP contribution in [0.3, 0.4) is 0 Å². The van der Waals surface area contributed by atoms with Crippen molar-refractivity contribution in [1.29, 1.82) is 0 Å². The van der Waals surface area contributed by atoms with Crippen LogP contribution in [0, 0.1) is 35.5 Å². The fourth-order valence-corrected chi connectivity index (χ4v) is 5.80. The van der Waals surface area contributed by atoms with Crippen LogP contribution in [0.2, 0.25) is 0 Å². The maximum atomic E-state index is 6.23. The summed E-state index contributed by atoms with van der Waals surface area (Å²) in [5, 5.41) is 3.40. The highest BCUT2D eigenvalue weighted by molar-refractivity contribution is 5.01. The lowest BCUT2D eigenvalue weighted by molar-refractivity contribution is -0.0176. The Kier molecular flexibility index (Phi) is 12.7. The fraction of sp³-hybridized carbons (Fsp3) is 0.800. The number of allylic oxidation sites excluding steroid dienone is 2. The molecule has 0 aromatic rings. The lowest BCUT2D eigenvalue weighted by atomic mass is 9.68. The molecule has 0 spiro atoms. The van der Waals surface area contributed by atoms with E-state index in [0.29, 0.717) is 24.4 Å². The van der Waals surface area contributed by atoms with Crippen LogP contribution < -0.4 is 5.32 Å². The van der Waals surface area contributed by atoms with Crippen molar-refractivity contribution in [2.75, 3.05) is 19.8 Å². The molecule has 2 aliphatic rings. The summed E-state index contributed by atoms with van der Waals surface area (Å²) in [5.41, 5.74) is 1.09. The smallest absolute Gasteiger partial charge is 0.111 e. The van der Waals surface area contributed by atoms with E-state index in [2.05, 4.69) is 52.7 Å². The van der Waals surface area contributed by atoms with Crippen LogP contribution in [0.4, 0.5) is 0 Å². The van der Waals surface area contributed by atoms with Gasteiger partial charge < -0.3 is 14.8 Å². The van der Waals surface area contributed by atoms with Crippen molar-refractivity contribution in [3.8, 4) is 0 Å². The van der Waals surface area contributed by atoms with Crippen molar-refractivity contribution in [3.05, 3.63) is 37.3 Å². The number of nitrogens with one attached hydrogen (secondary N) is 1. The second kappa shape index (κ2) is 14.9. The maximum Gasteiger partial charge on any atom is 0.111 e. The van der Waals surface area contributed by atoms with Gasteiger partial charge in [-0.3, -0.25) is 0 Å². The summed E-state index contributed by atoms with van der Waals surface area (Å²) < 4.78 is 11.8. The summed E-state index contributed by atoms with van der Waals surface area (Å²) in [6, 6.07) is 0. The summed E-state index contributed by atoms with van der Waals surface area (Å²) in [6.45, 7) is 23.1. The van der Waals surface area contributed by atoms with E-state index in [1.165, 1.54) is 64.2 Å². The van der Waals surface area contributed by atoms with E-state index in [4.69, 9.17) is 9.47 Å². The molecule has 0 aromatic carbocycles. The predicted molar refractivity (Wildman–Crippen MR) is 142 cm³/mol. The third kappa shape index (κ3) is 10.7. The molecule has 1 N–H and O–H groups in total. The Morgan fingerprint density at radius 3 is 2.09 bits per heavy atom.